The standard InChI is InChI=1S/C12H22N6O/c1-17-7-3-2-5-11(17)9-13-12(19)6-4-8-18-10-14-15-16-18/h10-11H,2-9H2,1H3,(H,13,19)/t11-/m1/s1. The number of nitrogens with zero attached hydrogens (tertiary/aromatic N) is 5. The quantitative estimate of drug-likeness (QED) is 0.787. The molecule has 7 heteroatoms. The summed E-state index contributed by atoms with van der Waals surface area (Å²) in [6, 6.07) is 0.497. The molecule has 1 atom stereocenters. The van der Waals surface area contributed by atoms with E-state index in [-0.39, 0.29) is 5.91 Å². The fraction of sp³-hybridized carbons (Fsp3) is 0.833. The van der Waals surface area contributed by atoms with Crippen LogP contribution in [0.5, 0.6) is 0 Å². The number of likely N-dealkylation sites (N-methyl/N-ethyl adjacent to an activating group) is 1. The van der Waals surface area contributed by atoms with E-state index in [1.807, 2.05) is 0 Å². The molecule has 0 unspecified atom stereocenters. The molecule has 0 spiro atoms. The highest BCUT2D eigenvalue weighted by Gasteiger charge is 2.18. The Morgan fingerprint density at radius 1 is 1.47 bits per heavy atom. The molecule has 0 bridgehead atoms. The minimum atomic E-state index is 0.118. The van der Waals surface area contributed by atoms with Gasteiger partial charge in [-0.25, -0.2) is 4.68 Å². The molecule has 1 amide bonds. The Balaban J connectivity index is 1.59. The van der Waals surface area contributed by atoms with E-state index in [0.29, 0.717) is 19.0 Å². The summed E-state index contributed by atoms with van der Waals surface area (Å²) in [6.45, 7) is 2.59. The van der Waals surface area contributed by atoms with Crippen molar-refractivity contribution >= 4 is 5.91 Å². The second-order valence-corrected chi connectivity index (χ2v) is 5.11. The second-order valence-electron chi connectivity index (χ2n) is 5.11. The molecular formula is C12H22N6O. The first-order valence-corrected chi connectivity index (χ1v) is 6.93. The van der Waals surface area contributed by atoms with Crippen LogP contribution in [0.15, 0.2) is 6.33 Å². The number of amides is 1. The fourth-order valence-corrected chi connectivity index (χ4v) is 2.41. The van der Waals surface area contributed by atoms with Crippen molar-refractivity contribution in [1.29, 1.82) is 0 Å². The van der Waals surface area contributed by atoms with Crippen LogP contribution in [0.3, 0.4) is 0 Å². The summed E-state index contributed by atoms with van der Waals surface area (Å²) in [4.78, 5) is 14.1. The first kappa shape index (κ1) is 13.9. The van der Waals surface area contributed by atoms with Gasteiger partial charge in [0, 0.05) is 25.6 Å². The summed E-state index contributed by atoms with van der Waals surface area (Å²) in [5.74, 6) is 0.118. The number of nitrogens with one attached hydrogen (secondary N) is 1. The normalized spacial score (nSPS) is 20.4. The van der Waals surface area contributed by atoms with Crippen LogP contribution >= 0.6 is 0 Å². The van der Waals surface area contributed by atoms with Crippen LogP contribution in [0.25, 0.3) is 0 Å². The summed E-state index contributed by atoms with van der Waals surface area (Å²) in [5, 5.41) is 13.9. The summed E-state index contributed by atoms with van der Waals surface area (Å²) >= 11 is 0. The van der Waals surface area contributed by atoms with Gasteiger partial charge >= 0.3 is 0 Å². The van der Waals surface area contributed by atoms with Crippen molar-refractivity contribution in [3.8, 4) is 0 Å². The van der Waals surface area contributed by atoms with Crippen LogP contribution in [-0.2, 0) is 11.3 Å². The van der Waals surface area contributed by atoms with Gasteiger partial charge in [0.25, 0.3) is 0 Å². The first-order valence-electron chi connectivity index (χ1n) is 6.93. The molecule has 1 saturated heterocycles. The average molecular weight is 266 g/mol. The smallest absolute Gasteiger partial charge is 0.220 e. The Morgan fingerprint density at radius 2 is 2.37 bits per heavy atom. The maximum atomic E-state index is 11.7. The number of aromatic nitrogens is 4. The number of hydrogen-bond acceptors (Lipinski definition) is 5. The lowest BCUT2D eigenvalue weighted by Gasteiger charge is -2.32. The second kappa shape index (κ2) is 7.18. The fourth-order valence-electron chi connectivity index (χ4n) is 2.41. The van der Waals surface area contributed by atoms with E-state index >= 15 is 0 Å². The minimum absolute atomic E-state index is 0.118. The molecule has 0 aliphatic carbocycles. The van der Waals surface area contributed by atoms with E-state index in [2.05, 4.69) is 32.8 Å². The van der Waals surface area contributed by atoms with Gasteiger partial charge in [-0.15, -0.1) is 5.10 Å². The van der Waals surface area contributed by atoms with Gasteiger partial charge in [-0.2, -0.15) is 0 Å². The number of hydrogen-bond donors (Lipinski definition) is 1. The van der Waals surface area contributed by atoms with Gasteiger partial charge in [0.1, 0.15) is 6.33 Å². The van der Waals surface area contributed by atoms with Crippen LogP contribution in [0.2, 0.25) is 0 Å². The van der Waals surface area contributed by atoms with Crippen molar-refractivity contribution in [2.24, 2.45) is 0 Å². The highest BCUT2D eigenvalue weighted by Crippen LogP contribution is 2.13. The number of tetrazole rings is 1. The zero-order valence-corrected chi connectivity index (χ0v) is 11.5. The van der Waals surface area contributed by atoms with E-state index < -0.39 is 0 Å². The number of carbonyl (C=O) groups excluding carboxylic acids is 1. The zero-order chi connectivity index (χ0) is 13.5. The van der Waals surface area contributed by atoms with E-state index in [9.17, 15) is 4.79 Å². The van der Waals surface area contributed by atoms with Gasteiger partial charge < -0.3 is 10.2 Å². The van der Waals surface area contributed by atoms with Crippen LogP contribution < -0.4 is 5.32 Å². The lowest BCUT2D eigenvalue weighted by Crippen LogP contribution is -2.44. The third kappa shape index (κ3) is 4.59. The SMILES string of the molecule is CN1CCCC[C@@H]1CNC(=O)CCCn1cnnn1. The van der Waals surface area contributed by atoms with Gasteiger partial charge in [-0.05, 0) is 43.3 Å². The van der Waals surface area contributed by atoms with Gasteiger partial charge in [0.05, 0.1) is 0 Å². The average Bonchev–Trinajstić information content (AvgIpc) is 2.91. The van der Waals surface area contributed by atoms with Crippen molar-refractivity contribution < 1.29 is 4.79 Å². The van der Waals surface area contributed by atoms with Crippen LogP contribution in [-0.4, -0.2) is 57.2 Å². The summed E-state index contributed by atoms with van der Waals surface area (Å²) in [6.07, 6.45) is 6.57. The number of likely N-dealkylation sites (tertiary alicyclic amines) is 1. The van der Waals surface area contributed by atoms with Crippen LogP contribution in [0.1, 0.15) is 32.1 Å². The molecule has 2 rings (SSSR count). The van der Waals surface area contributed by atoms with Gasteiger partial charge in [-0.3, -0.25) is 4.79 Å². The van der Waals surface area contributed by atoms with Crippen molar-refractivity contribution in [2.75, 3.05) is 20.1 Å². The molecule has 1 fully saturated rings. The molecule has 0 saturated carbocycles. The molecule has 1 aromatic heterocycles. The lowest BCUT2D eigenvalue weighted by molar-refractivity contribution is -0.121. The Bertz CT molecular complexity index is 380. The minimum Gasteiger partial charge on any atom is -0.355 e. The van der Waals surface area contributed by atoms with Crippen molar-refractivity contribution in [1.82, 2.24) is 30.4 Å². The van der Waals surface area contributed by atoms with Crippen LogP contribution in [0.4, 0.5) is 0 Å². The van der Waals surface area contributed by atoms with Crippen LogP contribution in [0, 0.1) is 0 Å². The molecule has 0 radical (unpaired) electrons. The highest BCUT2D eigenvalue weighted by atomic mass is 16.1. The third-order valence-corrected chi connectivity index (χ3v) is 3.64. The maximum Gasteiger partial charge on any atom is 0.220 e. The Labute approximate surface area is 113 Å². The molecule has 0 aromatic carbocycles. The van der Waals surface area contributed by atoms with Crippen molar-refractivity contribution in [2.45, 2.75) is 44.7 Å². The third-order valence-electron chi connectivity index (χ3n) is 3.64. The number of aryl methyl sites for hydroxylation is 1. The van der Waals surface area contributed by atoms with Gasteiger partial charge in [-0.1, -0.05) is 6.42 Å². The Hall–Kier alpha value is -1.50. The highest BCUT2D eigenvalue weighted by molar-refractivity contribution is 5.75. The molecule has 1 aliphatic heterocycles. The molecule has 7 nitrogen and oxygen atoms in total. The van der Waals surface area contributed by atoms with Gasteiger partial charge in [0.15, 0.2) is 0 Å². The maximum absolute atomic E-state index is 11.7. The van der Waals surface area contributed by atoms with Crippen molar-refractivity contribution in [3.63, 3.8) is 0 Å². The molecular weight excluding hydrogens is 244 g/mol. The van der Waals surface area contributed by atoms with Crippen molar-refractivity contribution in [3.05, 3.63) is 6.33 Å². The Morgan fingerprint density at radius 3 is 3.11 bits per heavy atom. The first-order chi connectivity index (χ1) is 9.25. The zero-order valence-electron chi connectivity index (χ0n) is 11.5. The molecule has 1 aromatic rings. The van der Waals surface area contributed by atoms with E-state index in [1.54, 1.807) is 11.0 Å². The number of rotatable bonds is 6. The molecule has 106 valence electrons. The topological polar surface area (TPSA) is 75.9 Å². The molecule has 2 heterocycles. The summed E-state index contributed by atoms with van der Waals surface area (Å²) < 4.78 is 1.64. The largest absolute Gasteiger partial charge is 0.355 e. The molecule has 19 heavy (non-hydrogen) atoms. The number of carbonyl (C=O) groups is 1. The predicted molar refractivity (Wildman–Crippen MR) is 70.3 cm³/mol. The predicted octanol–water partition coefficient (Wildman–Crippen LogP) is 0.0538. The summed E-state index contributed by atoms with van der Waals surface area (Å²) in [5.41, 5.74) is 0. The van der Waals surface area contributed by atoms with E-state index in [4.69, 9.17) is 0 Å². The summed E-state index contributed by atoms with van der Waals surface area (Å²) in [7, 11) is 2.13. The Kier molecular flexibility index (Phi) is 5.26. The lowest BCUT2D eigenvalue weighted by atomic mass is 10.0. The number of piperidine rings is 1. The molecule has 1 aliphatic rings. The molecule has 1 N–H and O–H groups in total. The van der Waals surface area contributed by atoms with E-state index in [0.717, 1.165) is 19.5 Å². The van der Waals surface area contributed by atoms with E-state index in [1.165, 1.54) is 19.3 Å². The van der Waals surface area contributed by atoms with Gasteiger partial charge in [0.2, 0.25) is 5.91 Å². The monoisotopic (exact) mass is 266 g/mol.